The molecule has 10 heteroatoms. The molecule has 2 saturated heterocycles. The van der Waals surface area contributed by atoms with Gasteiger partial charge in [0.05, 0.1) is 0 Å². The van der Waals surface area contributed by atoms with E-state index in [1.165, 1.54) is 4.57 Å². The lowest BCUT2D eigenvalue weighted by atomic mass is 10.1. The molecule has 2 aliphatic heterocycles. The molecule has 0 spiro atoms. The van der Waals surface area contributed by atoms with E-state index in [9.17, 15) is 13.2 Å². The van der Waals surface area contributed by atoms with Gasteiger partial charge in [-0.15, -0.1) is 0 Å². The first-order valence-electron chi connectivity index (χ1n) is 8.57. The van der Waals surface area contributed by atoms with Gasteiger partial charge < -0.3 is 10.2 Å². The Morgan fingerprint density at radius 2 is 1.77 bits per heavy atom. The van der Waals surface area contributed by atoms with Crippen LogP contribution in [0.2, 0.25) is 0 Å². The third-order valence-corrected chi connectivity index (χ3v) is 4.86. The lowest BCUT2D eigenvalue weighted by Gasteiger charge is -2.43. The number of aromatic nitrogens is 4. The predicted octanol–water partition coefficient (Wildman–Crippen LogP) is 1.08. The highest BCUT2D eigenvalue weighted by Crippen LogP contribution is 2.28. The normalized spacial score (nSPS) is 19.6. The van der Waals surface area contributed by atoms with Crippen molar-refractivity contribution in [3.8, 4) is 5.82 Å². The van der Waals surface area contributed by atoms with Crippen LogP contribution in [-0.2, 0) is 6.18 Å². The Morgan fingerprint density at radius 1 is 1.08 bits per heavy atom. The topological polar surface area (TPSA) is 62.1 Å². The summed E-state index contributed by atoms with van der Waals surface area (Å²) in [5.74, 6) is 1.65. The number of halogens is 3. The van der Waals surface area contributed by atoms with E-state index < -0.39 is 11.9 Å². The number of imidazole rings is 1. The molecule has 0 radical (unpaired) electrons. The van der Waals surface area contributed by atoms with Crippen molar-refractivity contribution in [3.63, 3.8) is 0 Å². The highest BCUT2D eigenvalue weighted by Gasteiger charge is 2.34. The van der Waals surface area contributed by atoms with Crippen molar-refractivity contribution in [1.82, 2.24) is 29.7 Å². The highest BCUT2D eigenvalue weighted by molar-refractivity contribution is 5.45. The molecule has 2 fully saturated rings. The first-order valence-corrected chi connectivity index (χ1v) is 8.57. The quantitative estimate of drug-likeness (QED) is 0.876. The molecule has 1 N–H and O–H groups in total. The Kier molecular flexibility index (Phi) is 4.31. The third-order valence-electron chi connectivity index (χ3n) is 4.86. The largest absolute Gasteiger partial charge is 0.434 e. The van der Waals surface area contributed by atoms with E-state index in [1.807, 2.05) is 0 Å². The second-order valence-corrected chi connectivity index (χ2v) is 6.63. The number of aryl methyl sites for hydroxylation is 1. The number of hydrogen-bond donors (Lipinski definition) is 1. The number of nitrogens with one attached hydrogen (secondary N) is 1. The molecular formula is C16H20F3N7. The summed E-state index contributed by atoms with van der Waals surface area (Å²) >= 11 is 0. The van der Waals surface area contributed by atoms with E-state index in [0.29, 0.717) is 17.7 Å². The van der Waals surface area contributed by atoms with Crippen LogP contribution in [0.5, 0.6) is 0 Å². The summed E-state index contributed by atoms with van der Waals surface area (Å²) in [6.07, 6.45) is -2.38. The summed E-state index contributed by atoms with van der Waals surface area (Å²) in [4.78, 5) is 16.8. The fourth-order valence-corrected chi connectivity index (χ4v) is 3.27. The molecule has 7 nitrogen and oxygen atoms in total. The van der Waals surface area contributed by atoms with Crippen molar-refractivity contribution in [2.75, 3.05) is 44.2 Å². The summed E-state index contributed by atoms with van der Waals surface area (Å²) in [6.45, 7) is 7.40. The van der Waals surface area contributed by atoms with Gasteiger partial charge in [-0.05, 0) is 6.92 Å². The van der Waals surface area contributed by atoms with Crippen LogP contribution in [0.3, 0.4) is 0 Å². The fourth-order valence-electron chi connectivity index (χ4n) is 3.27. The van der Waals surface area contributed by atoms with Crippen LogP contribution < -0.4 is 10.2 Å². The van der Waals surface area contributed by atoms with Crippen LogP contribution in [0.4, 0.5) is 19.0 Å². The SMILES string of the molecule is Cc1nc(N2CCN(C3CNC3)CC2)cc(-n2cnc(C(F)(F)F)c2)n1. The number of hydrogen-bond acceptors (Lipinski definition) is 6. The van der Waals surface area contributed by atoms with Crippen LogP contribution in [0.15, 0.2) is 18.6 Å². The molecule has 4 rings (SSSR count). The molecule has 0 atom stereocenters. The third kappa shape index (κ3) is 3.38. The second kappa shape index (κ2) is 6.51. The molecule has 0 aliphatic carbocycles. The van der Waals surface area contributed by atoms with E-state index in [0.717, 1.165) is 57.6 Å². The van der Waals surface area contributed by atoms with Crippen molar-refractivity contribution >= 4 is 5.82 Å². The lowest BCUT2D eigenvalue weighted by molar-refractivity contribution is -0.140. The van der Waals surface area contributed by atoms with Crippen LogP contribution >= 0.6 is 0 Å². The maximum atomic E-state index is 12.8. The highest BCUT2D eigenvalue weighted by atomic mass is 19.4. The summed E-state index contributed by atoms with van der Waals surface area (Å²) in [5.41, 5.74) is -0.932. The van der Waals surface area contributed by atoms with Gasteiger partial charge in [-0.1, -0.05) is 0 Å². The van der Waals surface area contributed by atoms with Crippen molar-refractivity contribution in [2.45, 2.75) is 19.1 Å². The standard InChI is InChI=1S/C16H20F3N7/c1-11-22-14(25-4-2-24(3-5-25)12-7-20-8-12)6-15(23-11)26-9-13(21-10-26)16(17,18)19/h6,9-10,12,20H,2-5,7-8H2,1H3. The average molecular weight is 367 g/mol. The Bertz CT molecular complexity index is 776. The molecule has 26 heavy (non-hydrogen) atoms. The van der Waals surface area contributed by atoms with Crippen molar-refractivity contribution in [3.05, 3.63) is 30.1 Å². The minimum Gasteiger partial charge on any atom is -0.354 e. The van der Waals surface area contributed by atoms with Crippen molar-refractivity contribution in [1.29, 1.82) is 0 Å². The van der Waals surface area contributed by atoms with Gasteiger partial charge in [0.2, 0.25) is 0 Å². The molecule has 2 aromatic heterocycles. The minimum atomic E-state index is -4.47. The van der Waals surface area contributed by atoms with Crippen LogP contribution in [0.25, 0.3) is 5.82 Å². The Labute approximate surface area is 148 Å². The zero-order chi connectivity index (χ0) is 18.3. The van der Waals surface area contributed by atoms with Crippen molar-refractivity contribution in [2.24, 2.45) is 0 Å². The van der Waals surface area contributed by atoms with Gasteiger partial charge in [0, 0.05) is 57.6 Å². The Balaban J connectivity index is 1.52. The molecule has 0 saturated carbocycles. The summed E-state index contributed by atoms with van der Waals surface area (Å²) < 4.78 is 39.6. The summed E-state index contributed by atoms with van der Waals surface area (Å²) in [5, 5.41) is 3.28. The Hall–Kier alpha value is -2.20. The minimum absolute atomic E-state index is 0.390. The number of alkyl halides is 3. The van der Waals surface area contributed by atoms with E-state index in [-0.39, 0.29) is 0 Å². The molecular weight excluding hydrogens is 347 g/mol. The molecule has 2 aliphatic rings. The molecule has 0 aromatic carbocycles. The van der Waals surface area contributed by atoms with Gasteiger partial charge in [0.25, 0.3) is 0 Å². The Morgan fingerprint density at radius 3 is 2.35 bits per heavy atom. The molecule has 4 heterocycles. The fraction of sp³-hybridized carbons (Fsp3) is 0.562. The maximum Gasteiger partial charge on any atom is 0.434 e. The van der Waals surface area contributed by atoms with Crippen molar-refractivity contribution < 1.29 is 13.2 Å². The first-order chi connectivity index (χ1) is 12.4. The van der Waals surface area contributed by atoms with Crippen LogP contribution in [0.1, 0.15) is 11.5 Å². The van der Waals surface area contributed by atoms with Gasteiger partial charge >= 0.3 is 6.18 Å². The van der Waals surface area contributed by atoms with Gasteiger partial charge in [-0.25, -0.2) is 15.0 Å². The second-order valence-electron chi connectivity index (χ2n) is 6.63. The van der Waals surface area contributed by atoms with E-state index in [4.69, 9.17) is 0 Å². The van der Waals surface area contributed by atoms with Gasteiger partial charge in [-0.3, -0.25) is 9.47 Å². The molecule has 140 valence electrons. The lowest BCUT2D eigenvalue weighted by Crippen LogP contribution is -2.61. The van der Waals surface area contributed by atoms with E-state index >= 15 is 0 Å². The maximum absolute atomic E-state index is 12.8. The van der Waals surface area contributed by atoms with Gasteiger partial charge in [-0.2, -0.15) is 13.2 Å². The molecule has 0 amide bonds. The number of nitrogens with zero attached hydrogens (tertiary/aromatic N) is 6. The smallest absolute Gasteiger partial charge is 0.354 e. The molecule has 2 aromatic rings. The van der Waals surface area contributed by atoms with E-state index in [1.54, 1.807) is 13.0 Å². The molecule has 0 unspecified atom stereocenters. The summed E-state index contributed by atoms with van der Waals surface area (Å²) in [7, 11) is 0. The summed E-state index contributed by atoms with van der Waals surface area (Å²) in [6, 6.07) is 2.33. The van der Waals surface area contributed by atoms with Crippen LogP contribution in [0, 0.1) is 6.92 Å². The average Bonchev–Trinajstić information content (AvgIpc) is 3.04. The number of piperazine rings is 1. The monoisotopic (exact) mass is 367 g/mol. The zero-order valence-corrected chi connectivity index (χ0v) is 14.4. The zero-order valence-electron chi connectivity index (χ0n) is 14.4. The first kappa shape index (κ1) is 17.2. The van der Waals surface area contributed by atoms with Gasteiger partial charge in [0.15, 0.2) is 5.69 Å². The number of rotatable bonds is 3. The molecule has 0 bridgehead atoms. The van der Waals surface area contributed by atoms with E-state index in [2.05, 4.69) is 30.1 Å². The number of anilines is 1. The van der Waals surface area contributed by atoms with Crippen LogP contribution in [-0.4, -0.2) is 69.7 Å². The predicted molar refractivity (Wildman–Crippen MR) is 89.3 cm³/mol. The van der Waals surface area contributed by atoms with Gasteiger partial charge in [0.1, 0.15) is 23.8 Å².